The third kappa shape index (κ3) is 3.87. The Morgan fingerprint density at radius 1 is 1.53 bits per heavy atom. The molecule has 0 saturated carbocycles. The van der Waals surface area contributed by atoms with Gasteiger partial charge in [0.05, 0.1) is 5.92 Å². The van der Waals surface area contributed by atoms with Crippen LogP contribution in [-0.4, -0.2) is 24.4 Å². The summed E-state index contributed by atoms with van der Waals surface area (Å²) in [5.41, 5.74) is 1.11. The van der Waals surface area contributed by atoms with Gasteiger partial charge in [-0.15, -0.1) is 11.6 Å². The molecular formula is C15H20ClNO2. The number of nitrogens with one attached hydrogen (secondary N) is 1. The van der Waals surface area contributed by atoms with E-state index in [2.05, 4.69) is 5.32 Å². The number of rotatable bonds is 5. The molecule has 1 aliphatic heterocycles. The summed E-state index contributed by atoms with van der Waals surface area (Å²) in [7, 11) is 0. The summed E-state index contributed by atoms with van der Waals surface area (Å²) in [4.78, 5) is 12.0. The first-order valence-corrected chi connectivity index (χ1v) is 7.26. The van der Waals surface area contributed by atoms with Crippen LogP contribution in [0.3, 0.4) is 0 Å². The van der Waals surface area contributed by atoms with E-state index in [-0.39, 0.29) is 17.2 Å². The summed E-state index contributed by atoms with van der Waals surface area (Å²) >= 11 is 6.03. The number of halogens is 1. The standard InChI is InChI=1S/C15H20ClNO2/c1-2-13(16)7-8-17-15(18)12-9-11-5-3-4-6-14(11)19-10-12/h3-6,12-13H,2,7-10H2,1H3,(H,17,18). The molecule has 0 aromatic heterocycles. The summed E-state index contributed by atoms with van der Waals surface area (Å²) in [6.45, 7) is 3.14. The van der Waals surface area contributed by atoms with E-state index in [1.54, 1.807) is 0 Å². The average molecular weight is 282 g/mol. The van der Waals surface area contributed by atoms with Crippen LogP contribution in [0.5, 0.6) is 5.75 Å². The highest BCUT2D eigenvalue weighted by atomic mass is 35.5. The van der Waals surface area contributed by atoms with Crippen LogP contribution in [0.15, 0.2) is 24.3 Å². The van der Waals surface area contributed by atoms with Crippen LogP contribution in [-0.2, 0) is 11.2 Å². The second-order valence-electron chi connectivity index (χ2n) is 4.91. The zero-order valence-corrected chi connectivity index (χ0v) is 12.0. The predicted octanol–water partition coefficient (Wildman–Crippen LogP) is 2.76. The fourth-order valence-corrected chi connectivity index (χ4v) is 2.31. The van der Waals surface area contributed by atoms with Crippen molar-refractivity contribution in [2.75, 3.05) is 13.2 Å². The van der Waals surface area contributed by atoms with Crippen molar-refractivity contribution in [1.82, 2.24) is 5.32 Å². The van der Waals surface area contributed by atoms with Gasteiger partial charge in [-0.2, -0.15) is 0 Å². The molecule has 4 heteroatoms. The van der Waals surface area contributed by atoms with Crippen molar-refractivity contribution in [3.63, 3.8) is 0 Å². The molecule has 2 atom stereocenters. The van der Waals surface area contributed by atoms with Crippen molar-refractivity contribution in [1.29, 1.82) is 0 Å². The number of hydrogen-bond acceptors (Lipinski definition) is 2. The van der Waals surface area contributed by atoms with Crippen LogP contribution in [0.2, 0.25) is 0 Å². The van der Waals surface area contributed by atoms with Crippen LogP contribution in [0.1, 0.15) is 25.3 Å². The number of fused-ring (bicyclic) bond motifs is 1. The Morgan fingerprint density at radius 2 is 2.32 bits per heavy atom. The van der Waals surface area contributed by atoms with Gasteiger partial charge in [0.25, 0.3) is 0 Å². The largest absolute Gasteiger partial charge is 0.492 e. The van der Waals surface area contributed by atoms with Gasteiger partial charge in [-0.1, -0.05) is 25.1 Å². The Morgan fingerprint density at radius 3 is 3.11 bits per heavy atom. The van der Waals surface area contributed by atoms with Crippen molar-refractivity contribution < 1.29 is 9.53 Å². The molecule has 19 heavy (non-hydrogen) atoms. The second kappa shape index (κ2) is 6.80. The minimum atomic E-state index is -0.0923. The van der Waals surface area contributed by atoms with Gasteiger partial charge in [0.2, 0.25) is 5.91 Å². The number of ether oxygens (including phenoxy) is 1. The van der Waals surface area contributed by atoms with Crippen LogP contribution < -0.4 is 10.1 Å². The molecule has 0 spiro atoms. The van der Waals surface area contributed by atoms with Crippen molar-refractivity contribution >= 4 is 17.5 Å². The lowest BCUT2D eigenvalue weighted by Gasteiger charge is -2.24. The first kappa shape index (κ1) is 14.2. The van der Waals surface area contributed by atoms with Crippen molar-refractivity contribution in [2.45, 2.75) is 31.6 Å². The highest BCUT2D eigenvalue weighted by Gasteiger charge is 2.25. The van der Waals surface area contributed by atoms with E-state index in [0.29, 0.717) is 13.2 Å². The summed E-state index contributed by atoms with van der Waals surface area (Å²) < 4.78 is 5.62. The fourth-order valence-electron chi connectivity index (χ4n) is 2.20. The van der Waals surface area contributed by atoms with Crippen molar-refractivity contribution in [2.24, 2.45) is 5.92 Å². The lowest BCUT2D eigenvalue weighted by molar-refractivity contribution is -0.126. The molecule has 1 aliphatic rings. The summed E-state index contributed by atoms with van der Waals surface area (Å²) in [6.07, 6.45) is 2.49. The molecule has 0 radical (unpaired) electrons. The number of carbonyl (C=O) groups is 1. The average Bonchev–Trinajstić information content (AvgIpc) is 2.46. The van der Waals surface area contributed by atoms with E-state index >= 15 is 0 Å². The summed E-state index contributed by atoms with van der Waals surface area (Å²) in [6, 6.07) is 7.88. The van der Waals surface area contributed by atoms with Gasteiger partial charge >= 0.3 is 0 Å². The van der Waals surface area contributed by atoms with E-state index in [9.17, 15) is 4.79 Å². The molecule has 3 nitrogen and oxygen atoms in total. The zero-order chi connectivity index (χ0) is 13.7. The van der Waals surface area contributed by atoms with Gasteiger partial charge in [0.15, 0.2) is 0 Å². The Hall–Kier alpha value is -1.22. The third-order valence-electron chi connectivity index (χ3n) is 3.45. The smallest absolute Gasteiger partial charge is 0.226 e. The quantitative estimate of drug-likeness (QED) is 0.843. The van der Waals surface area contributed by atoms with Crippen molar-refractivity contribution in [3.8, 4) is 5.75 Å². The fraction of sp³-hybridized carbons (Fsp3) is 0.533. The molecule has 1 amide bonds. The lowest BCUT2D eigenvalue weighted by atomic mass is 9.96. The highest BCUT2D eigenvalue weighted by Crippen LogP contribution is 2.26. The van der Waals surface area contributed by atoms with E-state index < -0.39 is 0 Å². The summed E-state index contributed by atoms with van der Waals surface area (Å²) in [5, 5.41) is 3.09. The molecule has 1 aromatic rings. The van der Waals surface area contributed by atoms with Crippen LogP contribution in [0, 0.1) is 5.92 Å². The normalized spacial score (nSPS) is 19.2. The Bertz CT molecular complexity index is 436. The van der Waals surface area contributed by atoms with E-state index in [1.807, 2.05) is 31.2 Å². The van der Waals surface area contributed by atoms with Gasteiger partial charge in [-0.05, 0) is 30.9 Å². The molecule has 0 aliphatic carbocycles. The van der Waals surface area contributed by atoms with E-state index in [1.165, 1.54) is 0 Å². The minimum absolute atomic E-state index is 0.0643. The van der Waals surface area contributed by atoms with Gasteiger partial charge in [-0.3, -0.25) is 4.79 Å². The van der Waals surface area contributed by atoms with Gasteiger partial charge in [0.1, 0.15) is 12.4 Å². The maximum Gasteiger partial charge on any atom is 0.226 e. The Labute approximate surface area is 119 Å². The second-order valence-corrected chi connectivity index (χ2v) is 5.52. The first-order chi connectivity index (χ1) is 9.20. The Kier molecular flexibility index (Phi) is 5.08. The molecule has 104 valence electrons. The molecule has 2 unspecified atom stereocenters. The predicted molar refractivity (Wildman–Crippen MR) is 76.7 cm³/mol. The molecule has 1 aromatic carbocycles. The number of para-hydroxylation sites is 1. The maximum absolute atomic E-state index is 12.0. The number of alkyl halides is 1. The SMILES string of the molecule is CCC(Cl)CCNC(=O)C1COc2ccccc2C1. The van der Waals surface area contributed by atoms with Crippen LogP contribution >= 0.6 is 11.6 Å². The third-order valence-corrected chi connectivity index (χ3v) is 3.98. The van der Waals surface area contributed by atoms with E-state index in [0.717, 1.165) is 30.6 Å². The molecule has 0 saturated heterocycles. The van der Waals surface area contributed by atoms with Crippen LogP contribution in [0.25, 0.3) is 0 Å². The minimum Gasteiger partial charge on any atom is -0.492 e. The first-order valence-electron chi connectivity index (χ1n) is 6.83. The highest BCUT2D eigenvalue weighted by molar-refractivity contribution is 6.20. The van der Waals surface area contributed by atoms with Gasteiger partial charge in [0, 0.05) is 11.9 Å². The van der Waals surface area contributed by atoms with Crippen LogP contribution in [0.4, 0.5) is 0 Å². The maximum atomic E-state index is 12.0. The zero-order valence-electron chi connectivity index (χ0n) is 11.2. The monoisotopic (exact) mass is 281 g/mol. The number of benzene rings is 1. The summed E-state index contributed by atoms with van der Waals surface area (Å²) in [5.74, 6) is 0.873. The van der Waals surface area contributed by atoms with Gasteiger partial charge in [-0.25, -0.2) is 0 Å². The van der Waals surface area contributed by atoms with Crippen molar-refractivity contribution in [3.05, 3.63) is 29.8 Å². The molecule has 0 bridgehead atoms. The topological polar surface area (TPSA) is 38.3 Å². The molecule has 2 rings (SSSR count). The van der Waals surface area contributed by atoms with Gasteiger partial charge < -0.3 is 10.1 Å². The Balaban J connectivity index is 1.82. The number of carbonyl (C=O) groups excluding carboxylic acids is 1. The molecule has 1 N–H and O–H groups in total. The molecule has 1 heterocycles. The number of amides is 1. The molecule has 0 fully saturated rings. The molecular weight excluding hydrogens is 262 g/mol. The van der Waals surface area contributed by atoms with E-state index in [4.69, 9.17) is 16.3 Å². The number of hydrogen-bond donors (Lipinski definition) is 1. The lowest BCUT2D eigenvalue weighted by Crippen LogP contribution is -2.38.